The number of alkyl halides is 3. The van der Waals surface area contributed by atoms with Crippen molar-refractivity contribution in [2.24, 2.45) is 7.05 Å². The minimum atomic E-state index is -5.60. The van der Waals surface area contributed by atoms with Crippen LogP contribution >= 0.6 is 11.6 Å². The van der Waals surface area contributed by atoms with Crippen LogP contribution in [0.4, 0.5) is 13.2 Å². The van der Waals surface area contributed by atoms with Crippen LogP contribution in [0.15, 0.2) is 6.20 Å². The number of halogens is 4. The van der Waals surface area contributed by atoms with Crippen molar-refractivity contribution in [2.45, 2.75) is 12.1 Å². The molecule has 0 unspecified atom stereocenters. The van der Waals surface area contributed by atoms with E-state index in [4.69, 9.17) is 11.6 Å². The van der Waals surface area contributed by atoms with E-state index in [0.29, 0.717) is 0 Å². The predicted molar refractivity (Wildman–Crippen MR) is 48.0 cm³/mol. The van der Waals surface area contributed by atoms with E-state index in [0.717, 1.165) is 0 Å². The molecule has 0 saturated heterocycles. The Morgan fingerprint density at radius 2 is 2.12 bits per heavy atom. The Balaban J connectivity index is 2.77. The predicted octanol–water partition coefficient (Wildman–Crippen LogP) is 1.44. The molecular weight excluding hydrogens is 273 g/mol. The van der Waals surface area contributed by atoms with Gasteiger partial charge in [-0.25, -0.2) is 4.98 Å². The lowest BCUT2D eigenvalue weighted by Gasteiger charge is -2.08. The molecule has 0 aliphatic rings. The molecule has 1 rings (SSSR count). The zero-order valence-electron chi connectivity index (χ0n) is 7.82. The highest BCUT2D eigenvalue weighted by Gasteiger charge is 2.47. The van der Waals surface area contributed by atoms with Gasteiger partial charge >= 0.3 is 15.6 Å². The molecule has 0 fully saturated rings. The fourth-order valence-electron chi connectivity index (χ4n) is 0.755. The van der Waals surface area contributed by atoms with E-state index in [2.05, 4.69) is 9.17 Å². The lowest BCUT2D eigenvalue weighted by molar-refractivity contribution is -0.0549. The van der Waals surface area contributed by atoms with Gasteiger partial charge in [0.2, 0.25) is 0 Å². The SMILES string of the molecule is Cn1c(Cl)cnc1COS(=O)(=O)C(F)(F)F. The van der Waals surface area contributed by atoms with E-state index in [1.54, 1.807) is 0 Å². The van der Waals surface area contributed by atoms with Gasteiger partial charge in [0.15, 0.2) is 0 Å². The number of hydrogen-bond acceptors (Lipinski definition) is 4. The van der Waals surface area contributed by atoms with Crippen LogP contribution in [-0.2, 0) is 28.0 Å². The average molecular weight is 279 g/mol. The molecule has 10 heteroatoms. The Kier molecular flexibility index (Phi) is 3.50. The summed E-state index contributed by atoms with van der Waals surface area (Å²) >= 11 is 5.54. The molecule has 0 bridgehead atoms. The highest BCUT2D eigenvalue weighted by molar-refractivity contribution is 7.87. The molecular formula is C6H6ClF3N2O3S. The minimum absolute atomic E-state index is 0.0298. The summed E-state index contributed by atoms with van der Waals surface area (Å²) in [6.45, 7) is -0.828. The summed E-state index contributed by atoms with van der Waals surface area (Å²) < 4.78 is 61.7. The first kappa shape index (κ1) is 13.3. The van der Waals surface area contributed by atoms with Crippen molar-refractivity contribution >= 4 is 21.7 Å². The van der Waals surface area contributed by atoms with Crippen LogP contribution in [0, 0.1) is 0 Å². The van der Waals surface area contributed by atoms with Crippen molar-refractivity contribution in [3.05, 3.63) is 17.2 Å². The first-order valence-corrected chi connectivity index (χ1v) is 5.55. The first-order chi connectivity index (χ1) is 7.15. The van der Waals surface area contributed by atoms with E-state index in [9.17, 15) is 21.6 Å². The van der Waals surface area contributed by atoms with Gasteiger partial charge in [0.25, 0.3) is 0 Å². The number of rotatable bonds is 3. The smallest absolute Gasteiger partial charge is 0.320 e. The second-order valence-corrected chi connectivity index (χ2v) is 4.71. The first-order valence-electron chi connectivity index (χ1n) is 3.77. The third-order valence-electron chi connectivity index (χ3n) is 1.65. The molecule has 5 nitrogen and oxygen atoms in total. The fraction of sp³-hybridized carbons (Fsp3) is 0.500. The summed E-state index contributed by atoms with van der Waals surface area (Å²) in [5.41, 5.74) is -5.44. The second-order valence-electron chi connectivity index (χ2n) is 2.72. The summed E-state index contributed by atoms with van der Waals surface area (Å²) in [7, 11) is -4.19. The van der Waals surface area contributed by atoms with Gasteiger partial charge in [-0.1, -0.05) is 11.6 Å². The van der Waals surface area contributed by atoms with Gasteiger partial charge in [-0.15, -0.1) is 0 Å². The lowest BCUT2D eigenvalue weighted by Crippen LogP contribution is -2.25. The molecule has 0 atom stereocenters. The number of imidazole rings is 1. The van der Waals surface area contributed by atoms with Crippen LogP contribution in [-0.4, -0.2) is 23.5 Å². The summed E-state index contributed by atoms with van der Waals surface area (Å²) in [5, 5.41) is 0.156. The normalized spacial score (nSPS) is 13.1. The van der Waals surface area contributed by atoms with E-state index >= 15 is 0 Å². The van der Waals surface area contributed by atoms with Crippen LogP contribution in [0.5, 0.6) is 0 Å². The Bertz CT molecular complexity index is 482. The van der Waals surface area contributed by atoms with E-state index in [1.165, 1.54) is 17.8 Å². The summed E-state index contributed by atoms with van der Waals surface area (Å²) in [4.78, 5) is 3.57. The molecule has 0 aromatic carbocycles. The van der Waals surface area contributed by atoms with E-state index < -0.39 is 22.2 Å². The molecule has 0 aliphatic carbocycles. The van der Waals surface area contributed by atoms with Crippen molar-refractivity contribution in [3.8, 4) is 0 Å². The average Bonchev–Trinajstić information content (AvgIpc) is 2.43. The Morgan fingerprint density at radius 3 is 2.50 bits per heavy atom. The molecule has 0 aliphatic heterocycles. The molecule has 0 saturated carbocycles. The topological polar surface area (TPSA) is 61.2 Å². The number of aromatic nitrogens is 2. The molecule has 0 amide bonds. The molecule has 0 radical (unpaired) electrons. The van der Waals surface area contributed by atoms with E-state index in [1.807, 2.05) is 0 Å². The van der Waals surface area contributed by atoms with Gasteiger partial charge in [-0.05, 0) is 0 Å². The standard InChI is InChI=1S/C6H6ClF3N2O3S/c1-12-4(7)2-11-5(12)3-15-16(13,14)6(8,9)10/h2H,3H2,1H3. The third kappa shape index (κ3) is 2.66. The largest absolute Gasteiger partial charge is 0.523 e. The molecule has 1 heterocycles. The second kappa shape index (κ2) is 4.22. The Hall–Kier alpha value is -0.800. The zero-order valence-corrected chi connectivity index (χ0v) is 9.40. The van der Waals surface area contributed by atoms with Crippen molar-refractivity contribution < 1.29 is 25.8 Å². The third-order valence-corrected chi connectivity index (χ3v) is 3.00. The maximum atomic E-state index is 11.9. The zero-order chi connectivity index (χ0) is 12.6. The van der Waals surface area contributed by atoms with Gasteiger partial charge in [-0.3, -0.25) is 4.18 Å². The molecule has 1 aromatic rings. The molecule has 1 aromatic heterocycles. The molecule has 16 heavy (non-hydrogen) atoms. The summed E-state index contributed by atoms with van der Waals surface area (Å²) in [5.74, 6) is -0.0298. The van der Waals surface area contributed by atoms with Crippen molar-refractivity contribution in [3.63, 3.8) is 0 Å². The van der Waals surface area contributed by atoms with Crippen molar-refractivity contribution in [1.82, 2.24) is 9.55 Å². The summed E-state index contributed by atoms with van der Waals surface area (Å²) in [6, 6.07) is 0. The highest BCUT2D eigenvalue weighted by Crippen LogP contribution is 2.25. The van der Waals surface area contributed by atoms with Gasteiger partial charge in [0.1, 0.15) is 17.6 Å². The van der Waals surface area contributed by atoms with Crippen LogP contribution < -0.4 is 0 Å². The minimum Gasteiger partial charge on any atom is -0.320 e. The quantitative estimate of drug-likeness (QED) is 0.620. The highest BCUT2D eigenvalue weighted by atomic mass is 35.5. The van der Waals surface area contributed by atoms with Gasteiger partial charge in [-0.2, -0.15) is 21.6 Å². The lowest BCUT2D eigenvalue weighted by atomic mass is 10.6. The molecule has 92 valence electrons. The van der Waals surface area contributed by atoms with Gasteiger partial charge < -0.3 is 4.57 Å². The molecule has 0 N–H and O–H groups in total. The summed E-state index contributed by atoms with van der Waals surface area (Å²) in [6.07, 6.45) is 1.17. The van der Waals surface area contributed by atoms with Crippen molar-refractivity contribution in [2.75, 3.05) is 0 Å². The maximum Gasteiger partial charge on any atom is 0.523 e. The van der Waals surface area contributed by atoms with Gasteiger partial charge in [0.05, 0.1) is 6.20 Å². The maximum absolute atomic E-state index is 11.9. The molecule has 0 spiro atoms. The Labute approximate surface area is 93.9 Å². The van der Waals surface area contributed by atoms with Gasteiger partial charge in [0, 0.05) is 7.05 Å². The van der Waals surface area contributed by atoms with Crippen LogP contribution in [0.3, 0.4) is 0 Å². The Morgan fingerprint density at radius 1 is 1.56 bits per heavy atom. The fourth-order valence-corrected chi connectivity index (χ4v) is 1.30. The van der Waals surface area contributed by atoms with Crippen LogP contribution in [0.25, 0.3) is 0 Å². The monoisotopic (exact) mass is 278 g/mol. The number of hydrogen-bond donors (Lipinski definition) is 0. The van der Waals surface area contributed by atoms with Crippen LogP contribution in [0.1, 0.15) is 5.82 Å². The van der Waals surface area contributed by atoms with Crippen LogP contribution in [0.2, 0.25) is 5.15 Å². The van der Waals surface area contributed by atoms with E-state index in [-0.39, 0.29) is 11.0 Å². The van der Waals surface area contributed by atoms with Crippen molar-refractivity contribution in [1.29, 1.82) is 0 Å². The number of nitrogens with zero attached hydrogens (tertiary/aromatic N) is 2.